The number of benzene rings is 1. The van der Waals surface area contributed by atoms with Gasteiger partial charge >= 0.3 is 0 Å². The highest BCUT2D eigenvalue weighted by Crippen LogP contribution is 2.24. The Morgan fingerprint density at radius 2 is 1.76 bits per heavy atom. The number of rotatable bonds is 6. The van der Waals surface area contributed by atoms with E-state index in [9.17, 15) is 13.2 Å². The summed E-state index contributed by atoms with van der Waals surface area (Å²) < 4.78 is 28.8. The Kier molecular flexibility index (Phi) is 5.98. The Hall–Kier alpha value is -3.05. The van der Waals surface area contributed by atoms with Crippen molar-refractivity contribution in [1.82, 2.24) is 29.2 Å². The van der Waals surface area contributed by atoms with Crippen LogP contribution in [0.15, 0.2) is 47.5 Å². The third-order valence-electron chi connectivity index (χ3n) is 6.33. The molecule has 2 aliphatic rings. The molecule has 0 spiro atoms. The van der Waals surface area contributed by atoms with Gasteiger partial charge in [0.2, 0.25) is 15.9 Å². The van der Waals surface area contributed by atoms with Crippen LogP contribution in [-0.2, 0) is 21.4 Å². The van der Waals surface area contributed by atoms with Crippen molar-refractivity contribution in [1.29, 1.82) is 0 Å². The van der Waals surface area contributed by atoms with Gasteiger partial charge < -0.3 is 9.80 Å². The number of sulfonamides is 1. The number of pyridine rings is 1. The van der Waals surface area contributed by atoms with Gasteiger partial charge in [-0.2, -0.15) is 4.31 Å². The van der Waals surface area contributed by atoms with Gasteiger partial charge in [-0.25, -0.2) is 18.1 Å². The van der Waals surface area contributed by atoms with Crippen LogP contribution >= 0.6 is 0 Å². The molecule has 3 aromatic rings. The molecule has 5 rings (SSSR count). The standard InChI is InChI=1S/C22H27N7O3S/c30-22(27-15-13-26(14-16-27)21-5-1-2-9-23-21)8-12-29-20-7-6-18(17-19(20)24-25-29)33(31,32)28-10-3-4-11-28/h1-2,5-7,9,17H,3-4,8,10-16H2. The molecule has 2 aliphatic heterocycles. The maximum atomic E-state index is 12.8. The number of anilines is 1. The topological polar surface area (TPSA) is 105 Å². The van der Waals surface area contributed by atoms with Crippen molar-refractivity contribution in [3.63, 3.8) is 0 Å². The average molecular weight is 470 g/mol. The zero-order valence-electron chi connectivity index (χ0n) is 18.4. The molecule has 0 bridgehead atoms. The van der Waals surface area contributed by atoms with Gasteiger partial charge in [0.05, 0.1) is 17.0 Å². The minimum absolute atomic E-state index is 0.0764. The molecule has 0 saturated carbocycles. The van der Waals surface area contributed by atoms with Gasteiger partial charge in [-0.1, -0.05) is 11.3 Å². The largest absolute Gasteiger partial charge is 0.353 e. The Bertz CT molecular complexity index is 1230. The number of carbonyl (C=O) groups is 1. The summed E-state index contributed by atoms with van der Waals surface area (Å²) in [5.41, 5.74) is 1.25. The van der Waals surface area contributed by atoms with E-state index in [0.717, 1.165) is 37.3 Å². The zero-order chi connectivity index (χ0) is 22.8. The number of aromatic nitrogens is 4. The van der Waals surface area contributed by atoms with E-state index >= 15 is 0 Å². The van der Waals surface area contributed by atoms with Crippen LogP contribution in [-0.4, -0.2) is 82.8 Å². The molecule has 2 aromatic heterocycles. The number of aryl methyl sites for hydroxylation is 1. The molecule has 1 amide bonds. The molecule has 1 aromatic carbocycles. The highest BCUT2D eigenvalue weighted by Gasteiger charge is 2.28. The van der Waals surface area contributed by atoms with Gasteiger partial charge in [-0.15, -0.1) is 5.10 Å². The molecule has 0 aliphatic carbocycles. The van der Waals surface area contributed by atoms with Gasteiger partial charge in [-0.3, -0.25) is 4.79 Å². The number of hydrogen-bond acceptors (Lipinski definition) is 7. The average Bonchev–Trinajstić information content (AvgIpc) is 3.54. The fourth-order valence-electron chi connectivity index (χ4n) is 4.44. The van der Waals surface area contributed by atoms with E-state index in [2.05, 4.69) is 20.2 Å². The second-order valence-electron chi connectivity index (χ2n) is 8.38. The third kappa shape index (κ3) is 4.42. The summed E-state index contributed by atoms with van der Waals surface area (Å²) in [6.07, 6.45) is 3.88. The van der Waals surface area contributed by atoms with Crippen LogP contribution in [0.3, 0.4) is 0 Å². The van der Waals surface area contributed by atoms with Crippen LogP contribution in [0.4, 0.5) is 5.82 Å². The summed E-state index contributed by atoms with van der Waals surface area (Å²) in [7, 11) is -3.50. The maximum absolute atomic E-state index is 12.8. The second kappa shape index (κ2) is 9.06. The molecule has 10 nitrogen and oxygen atoms in total. The molecule has 2 saturated heterocycles. The third-order valence-corrected chi connectivity index (χ3v) is 8.23. The van der Waals surface area contributed by atoms with Gasteiger partial charge in [0.1, 0.15) is 11.3 Å². The van der Waals surface area contributed by atoms with E-state index in [1.165, 1.54) is 4.31 Å². The van der Waals surface area contributed by atoms with Gasteiger partial charge in [-0.05, 0) is 43.2 Å². The van der Waals surface area contributed by atoms with Crippen molar-refractivity contribution in [3.8, 4) is 0 Å². The van der Waals surface area contributed by atoms with Crippen LogP contribution in [0.25, 0.3) is 11.0 Å². The Morgan fingerprint density at radius 1 is 0.970 bits per heavy atom. The molecular weight excluding hydrogens is 442 g/mol. The van der Waals surface area contributed by atoms with Crippen LogP contribution in [0.2, 0.25) is 0 Å². The van der Waals surface area contributed by atoms with E-state index in [-0.39, 0.29) is 10.8 Å². The number of nitrogens with zero attached hydrogens (tertiary/aromatic N) is 7. The Balaban J connectivity index is 1.20. The summed E-state index contributed by atoms with van der Waals surface area (Å²) in [6.45, 7) is 4.34. The van der Waals surface area contributed by atoms with Crippen molar-refractivity contribution >= 4 is 32.8 Å². The van der Waals surface area contributed by atoms with Crippen LogP contribution in [0, 0.1) is 0 Å². The summed E-state index contributed by atoms with van der Waals surface area (Å²) in [5.74, 6) is 1.01. The van der Waals surface area contributed by atoms with E-state index in [0.29, 0.717) is 44.7 Å². The summed E-state index contributed by atoms with van der Waals surface area (Å²) in [4.78, 5) is 21.4. The van der Waals surface area contributed by atoms with E-state index in [1.54, 1.807) is 29.1 Å². The number of amides is 1. The number of fused-ring (bicyclic) bond motifs is 1. The molecular formula is C22H27N7O3S. The molecule has 174 valence electrons. The molecule has 11 heteroatoms. The highest BCUT2D eigenvalue weighted by molar-refractivity contribution is 7.89. The Labute approximate surface area is 192 Å². The smallest absolute Gasteiger partial charge is 0.243 e. The Morgan fingerprint density at radius 3 is 2.48 bits per heavy atom. The van der Waals surface area contributed by atoms with Crippen molar-refractivity contribution < 1.29 is 13.2 Å². The predicted octanol–water partition coefficient (Wildman–Crippen LogP) is 1.35. The monoisotopic (exact) mass is 469 g/mol. The maximum Gasteiger partial charge on any atom is 0.243 e. The summed E-state index contributed by atoms with van der Waals surface area (Å²) in [5, 5.41) is 8.30. The number of piperazine rings is 1. The van der Waals surface area contributed by atoms with Crippen molar-refractivity contribution in [2.45, 2.75) is 30.7 Å². The highest BCUT2D eigenvalue weighted by atomic mass is 32.2. The van der Waals surface area contributed by atoms with Gasteiger partial charge in [0, 0.05) is 51.9 Å². The minimum Gasteiger partial charge on any atom is -0.353 e. The zero-order valence-corrected chi connectivity index (χ0v) is 19.2. The first kappa shape index (κ1) is 21.8. The minimum atomic E-state index is -3.50. The van der Waals surface area contributed by atoms with E-state index in [1.807, 2.05) is 23.1 Å². The normalized spacial score (nSPS) is 17.7. The SMILES string of the molecule is O=C(CCn1nnc2cc(S(=O)(=O)N3CCCC3)ccc21)N1CCN(c2ccccn2)CC1. The van der Waals surface area contributed by atoms with E-state index < -0.39 is 10.0 Å². The fraction of sp³-hybridized carbons (Fsp3) is 0.455. The van der Waals surface area contributed by atoms with E-state index in [4.69, 9.17) is 0 Å². The first-order valence-electron chi connectivity index (χ1n) is 11.3. The van der Waals surface area contributed by atoms with Crippen molar-refractivity contribution in [3.05, 3.63) is 42.6 Å². The molecule has 33 heavy (non-hydrogen) atoms. The lowest BCUT2D eigenvalue weighted by Gasteiger charge is -2.35. The lowest BCUT2D eigenvalue weighted by molar-refractivity contribution is -0.131. The summed E-state index contributed by atoms with van der Waals surface area (Å²) >= 11 is 0. The molecule has 4 heterocycles. The van der Waals surface area contributed by atoms with Crippen molar-refractivity contribution in [2.24, 2.45) is 0 Å². The molecule has 0 radical (unpaired) electrons. The molecule has 0 unspecified atom stereocenters. The fourth-order valence-corrected chi connectivity index (χ4v) is 5.98. The molecule has 0 N–H and O–H groups in total. The lowest BCUT2D eigenvalue weighted by Crippen LogP contribution is -2.49. The van der Waals surface area contributed by atoms with Crippen molar-refractivity contribution in [2.75, 3.05) is 44.2 Å². The molecule has 0 atom stereocenters. The molecule has 2 fully saturated rings. The van der Waals surface area contributed by atoms with Gasteiger partial charge in [0.15, 0.2) is 0 Å². The van der Waals surface area contributed by atoms with Gasteiger partial charge in [0.25, 0.3) is 0 Å². The number of hydrogen-bond donors (Lipinski definition) is 0. The lowest BCUT2D eigenvalue weighted by atomic mass is 10.2. The first-order chi connectivity index (χ1) is 16.0. The van der Waals surface area contributed by atoms with Crippen LogP contribution in [0.5, 0.6) is 0 Å². The quantitative estimate of drug-likeness (QED) is 0.537. The number of carbonyl (C=O) groups excluding carboxylic acids is 1. The second-order valence-corrected chi connectivity index (χ2v) is 10.3. The predicted molar refractivity (Wildman–Crippen MR) is 123 cm³/mol. The summed E-state index contributed by atoms with van der Waals surface area (Å²) in [6, 6.07) is 10.8. The van der Waals surface area contributed by atoms with Crippen LogP contribution in [0.1, 0.15) is 19.3 Å². The van der Waals surface area contributed by atoms with Crippen LogP contribution < -0.4 is 4.90 Å². The first-order valence-corrected chi connectivity index (χ1v) is 12.7.